The summed E-state index contributed by atoms with van der Waals surface area (Å²) in [5.74, 6) is 0.293. The smallest absolute Gasteiger partial charge is 0.243 e. The summed E-state index contributed by atoms with van der Waals surface area (Å²) in [7, 11) is 3.89. The summed E-state index contributed by atoms with van der Waals surface area (Å²) < 4.78 is 0. The molecule has 0 spiro atoms. The molecule has 22 heavy (non-hydrogen) atoms. The minimum Gasteiger partial charge on any atom is -0.354 e. The molecule has 120 valence electrons. The van der Waals surface area contributed by atoms with Gasteiger partial charge in [-0.15, -0.1) is 11.3 Å². The Bertz CT molecular complexity index is 568. The van der Waals surface area contributed by atoms with Crippen LogP contribution in [0.4, 0.5) is 5.13 Å². The highest BCUT2D eigenvalue weighted by Crippen LogP contribution is 2.33. The number of thiazole rings is 1. The molecule has 1 aromatic heterocycles. The van der Waals surface area contributed by atoms with Crippen LogP contribution in [0.2, 0.25) is 0 Å². The van der Waals surface area contributed by atoms with Crippen LogP contribution in [0.15, 0.2) is 5.38 Å². The van der Waals surface area contributed by atoms with Crippen LogP contribution in [0.3, 0.4) is 0 Å². The number of rotatable bonds is 5. The van der Waals surface area contributed by atoms with Gasteiger partial charge in [0.1, 0.15) is 6.04 Å². The first-order chi connectivity index (χ1) is 10.6. The van der Waals surface area contributed by atoms with Crippen LogP contribution in [0.5, 0.6) is 0 Å². The molecule has 2 amide bonds. The van der Waals surface area contributed by atoms with Crippen molar-refractivity contribution >= 4 is 28.3 Å². The van der Waals surface area contributed by atoms with Crippen molar-refractivity contribution in [2.45, 2.75) is 38.3 Å². The lowest BCUT2D eigenvalue weighted by atomic mass is 10.2. The summed E-state index contributed by atoms with van der Waals surface area (Å²) in [6.45, 7) is 1.14. The van der Waals surface area contributed by atoms with E-state index in [2.05, 4.69) is 10.3 Å². The second-order valence-corrected chi connectivity index (χ2v) is 7.03. The number of anilines is 1. The fourth-order valence-corrected chi connectivity index (χ4v) is 3.50. The molecule has 1 atom stereocenters. The molecule has 6 nitrogen and oxygen atoms in total. The minimum atomic E-state index is -0.292. The van der Waals surface area contributed by atoms with E-state index in [4.69, 9.17) is 0 Å². The van der Waals surface area contributed by atoms with Crippen molar-refractivity contribution in [3.63, 3.8) is 0 Å². The topological polar surface area (TPSA) is 65.5 Å². The Morgan fingerprint density at radius 2 is 2.18 bits per heavy atom. The second kappa shape index (κ2) is 6.24. The Hall–Kier alpha value is -1.63. The summed E-state index contributed by atoms with van der Waals surface area (Å²) in [6, 6.07) is -0.292. The standard InChI is InChI=1S/C15H22N4O2S/c1-18(2)15-17-11(9-22-15)8-16-13(20)12-4-3-7-19(12)14(21)10-5-6-10/h9-10,12H,3-8H2,1-2H3,(H,16,20)/t12-/m0/s1. The zero-order valence-electron chi connectivity index (χ0n) is 13.0. The SMILES string of the molecule is CN(C)c1nc(CNC(=O)[C@@H]2CCCN2C(=O)C2CC2)cs1. The first-order valence-electron chi connectivity index (χ1n) is 7.76. The number of carbonyl (C=O) groups excluding carboxylic acids is 2. The number of nitrogens with zero attached hydrogens (tertiary/aromatic N) is 3. The lowest BCUT2D eigenvalue weighted by Gasteiger charge is -2.23. The Morgan fingerprint density at radius 1 is 1.41 bits per heavy atom. The average Bonchev–Trinajstić information content (AvgIpc) is 3.03. The maximum atomic E-state index is 12.4. The van der Waals surface area contributed by atoms with Gasteiger partial charge in [0.2, 0.25) is 11.8 Å². The van der Waals surface area contributed by atoms with E-state index in [9.17, 15) is 9.59 Å². The number of hydrogen-bond donors (Lipinski definition) is 1. The molecule has 3 rings (SSSR count). The van der Waals surface area contributed by atoms with Gasteiger partial charge < -0.3 is 15.1 Å². The second-order valence-electron chi connectivity index (χ2n) is 6.20. The highest BCUT2D eigenvalue weighted by molar-refractivity contribution is 7.13. The van der Waals surface area contributed by atoms with Gasteiger partial charge in [-0.3, -0.25) is 9.59 Å². The summed E-state index contributed by atoms with van der Waals surface area (Å²) >= 11 is 1.56. The van der Waals surface area contributed by atoms with E-state index in [1.165, 1.54) is 0 Å². The zero-order chi connectivity index (χ0) is 15.7. The van der Waals surface area contributed by atoms with Crippen molar-refractivity contribution < 1.29 is 9.59 Å². The molecule has 1 N–H and O–H groups in total. The summed E-state index contributed by atoms with van der Waals surface area (Å²) in [6.07, 6.45) is 3.65. The van der Waals surface area contributed by atoms with Gasteiger partial charge in [-0.05, 0) is 25.7 Å². The third-order valence-corrected chi connectivity index (χ3v) is 5.19. The molecule has 7 heteroatoms. The van der Waals surface area contributed by atoms with Crippen molar-refractivity contribution in [1.29, 1.82) is 0 Å². The number of aromatic nitrogens is 1. The van der Waals surface area contributed by atoms with Crippen molar-refractivity contribution in [3.05, 3.63) is 11.1 Å². The first-order valence-corrected chi connectivity index (χ1v) is 8.64. The molecular weight excluding hydrogens is 300 g/mol. The predicted molar refractivity (Wildman–Crippen MR) is 85.7 cm³/mol. The summed E-state index contributed by atoms with van der Waals surface area (Å²) in [4.78, 5) is 32.8. The van der Waals surface area contributed by atoms with E-state index in [0.29, 0.717) is 6.54 Å². The van der Waals surface area contributed by atoms with Crippen molar-refractivity contribution in [2.24, 2.45) is 5.92 Å². The molecule has 1 aromatic rings. The predicted octanol–water partition coefficient (Wildman–Crippen LogP) is 1.23. The molecule has 1 saturated heterocycles. The van der Waals surface area contributed by atoms with Crippen molar-refractivity contribution in [1.82, 2.24) is 15.2 Å². The van der Waals surface area contributed by atoms with Crippen molar-refractivity contribution in [2.75, 3.05) is 25.5 Å². The molecule has 0 unspecified atom stereocenters. The van der Waals surface area contributed by atoms with E-state index in [1.54, 1.807) is 16.2 Å². The average molecular weight is 322 g/mol. The molecule has 1 aliphatic carbocycles. The summed E-state index contributed by atoms with van der Waals surface area (Å²) in [5, 5.41) is 5.81. The Balaban J connectivity index is 1.55. The third kappa shape index (κ3) is 3.24. The number of carbonyl (C=O) groups is 2. The van der Waals surface area contributed by atoms with E-state index in [-0.39, 0.29) is 23.8 Å². The van der Waals surface area contributed by atoms with Crippen LogP contribution in [0, 0.1) is 5.92 Å². The Kier molecular flexibility index (Phi) is 4.33. The molecule has 0 aromatic carbocycles. The first kappa shape index (κ1) is 15.3. The van der Waals surface area contributed by atoms with Crippen LogP contribution in [0.25, 0.3) is 0 Å². The zero-order valence-corrected chi connectivity index (χ0v) is 13.9. The molecule has 2 heterocycles. The van der Waals surface area contributed by atoms with Crippen molar-refractivity contribution in [3.8, 4) is 0 Å². The maximum Gasteiger partial charge on any atom is 0.243 e. The Morgan fingerprint density at radius 3 is 2.82 bits per heavy atom. The molecule has 0 radical (unpaired) electrons. The van der Waals surface area contributed by atoms with Gasteiger partial charge in [-0.1, -0.05) is 0 Å². The number of hydrogen-bond acceptors (Lipinski definition) is 5. The van der Waals surface area contributed by atoms with Crippen LogP contribution >= 0.6 is 11.3 Å². The monoisotopic (exact) mass is 322 g/mol. The van der Waals surface area contributed by atoms with E-state index in [0.717, 1.165) is 43.1 Å². The fourth-order valence-electron chi connectivity index (χ4n) is 2.75. The van der Waals surface area contributed by atoms with Gasteiger partial charge in [0.25, 0.3) is 0 Å². The molecule has 1 aliphatic heterocycles. The largest absolute Gasteiger partial charge is 0.354 e. The normalized spacial score (nSPS) is 21.0. The van der Waals surface area contributed by atoms with Gasteiger partial charge >= 0.3 is 0 Å². The number of amides is 2. The Labute approximate surface area is 134 Å². The third-order valence-electron chi connectivity index (χ3n) is 4.13. The van der Waals surface area contributed by atoms with Crippen LogP contribution in [-0.2, 0) is 16.1 Å². The van der Waals surface area contributed by atoms with Gasteiger partial charge in [-0.2, -0.15) is 0 Å². The number of nitrogens with one attached hydrogen (secondary N) is 1. The molecule has 1 saturated carbocycles. The van der Waals surface area contributed by atoms with Crippen LogP contribution in [0.1, 0.15) is 31.4 Å². The lowest BCUT2D eigenvalue weighted by molar-refractivity contribution is -0.139. The number of likely N-dealkylation sites (tertiary alicyclic amines) is 1. The maximum absolute atomic E-state index is 12.4. The highest BCUT2D eigenvalue weighted by Gasteiger charge is 2.40. The quantitative estimate of drug-likeness (QED) is 0.885. The molecule has 2 fully saturated rings. The molecular formula is C15H22N4O2S. The van der Waals surface area contributed by atoms with Gasteiger partial charge in [0, 0.05) is 31.9 Å². The highest BCUT2D eigenvalue weighted by atomic mass is 32.1. The van der Waals surface area contributed by atoms with Crippen LogP contribution < -0.4 is 10.2 Å². The fraction of sp³-hybridized carbons (Fsp3) is 0.667. The molecule has 0 bridgehead atoms. The van der Waals surface area contributed by atoms with E-state index < -0.39 is 0 Å². The van der Waals surface area contributed by atoms with Gasteiger partial charge in [0.15, 0.2) is 5.13 Å². The molecule has 2 aliphatic rings. The van der Waals surface area contributed by atoms with Crippen LogP contribution in [-0.4, -0.2) is 48.4 Å². The minimum absolute atomic E-state index is 0.0501. The van der Waals surface area contributed by atoms with Gasteiger partial charge in [-0.25, -0.2) is 4.98 Å². The summed E-state index contributed by atoms with van der Waals surface area (Å²) in [5.41, 5.74) is 0.861. The van der Waals surface area contributed by atoms with E-state index in [1.807, 2.05) is 24.4 Å². The van der Waals surface area contributed by atoms with E-state index >= 15 is 0 Å². The lowest BCUT2D eigenvalue weighted by Crippen LogP contribution is -2.46. The van der Waals surface area contributed by atoms with Gasteiger partial charge in [0.05, 0.1) is 12.2 Å².